The van der Waals surface area contributed by atoms with Gasteiger partial charge in [-0.1, -0.05) is 18.2 Å². The smallest absolute Gasteiger partial charge is 0.253 e. The quantitative estimate of drug-likeness (QED) is 0.453. The molecule has 8 heteroatoms. The summed E-state index contributed by atoms with van der Waals surface area (Å²) in [6.07, 6.45) is 4.87. The molecule has 1 amide bonds. The monoisotopic (exact) mass is 511 g/mol. The molecular formula is C21H23FIN3O3. The van der Waals surface area contributed by atoms with E-state index in [0.29, 0.717) is 30.2 Å². The first-order valence-electron chi connectivity index (χ1n) is 9.35. The molecule has 0 spiro atoms. The molecule has 0 unspecified atom stereocenters. The van der Waals surface area contributed by atoms with E-state index in [1.54, 1.807) is 36.4 Å². The van der Waals surface area contributed by atoms with Crippen molar-refractivity contribution >= 4 is 34.8 Å². The van der Waals surface area contributed by atoms with Crippen molar-refractivity contribution in [3.05, 3.63) is 65.2 Å². The van der Waals surface area contributed by atoms with Gasteiger partial charge in [-0.15, -0.1) is 0 Å². The minimum absolute atomic E-state index is 0.137. The molecule has 29 heavy (non-hydrogen) atoms. The number of aromatic nitrogens is 1. The number of hydrogen-bond acceptors (Lipinski definition) is 5. The summed E-state index contributed by atoms with van der Waals surface area (Å²) in [5, 5.41) is 3.00. The van der Waals surface area contributed by atoms with Gasteiger partial charge in [-0.2, -0.15) is 0 Å². The van der Waals surface area contributed by atoms with Crippen LogP contribution in [0.5, 0.6) is 5.88 Å². The molecule has 1 N–H and O–H groups in total. The highest BCUT2D eigenvalue weighted by molar-refractivity contribution is 14.1. The number of likely N-dealkylation sites (N-methyl/N-ethyl adjacent to an activating group) is 1. The number of carbonyl (C=O) groups excluding carboxylic acids is 1. The normalized spacial score (nSPS) is 15.1. The van der Waals surface area contributed by atoms with E-state index in [0.717, 1.165) is 18.5 Å². The lowest BCUT2D eigenvalue weighted by atomic mass is 10.1. The first-order chi connectivity index (χ1) is 14.0. The second-order valence-corrected chi connectivity index (χ2v) is 8.12. The van der Waals surface area contributed by atoms with E-state index in [1.165, 1.54) is 12.3 Å². The minimum atomic E-state index is -0.290. The van der Waals surface area contributed by atoms with Gasteiger partial charge >= 0.3 is 0 Å². The summed E-state index contributed by atoms with van der Waals surface area (Å²) in [5.74, 6) is -0.0466. The van der Waals surface area contributed by atoms with Crippen molar-refractivity contribution in [2.24, 2.45) is 0 Å². The van der Waals surface area contributed by atoms with Gasteiger partial charge in [0.05, 0.1) is 34.1 Å². The number of halogens is 2. The molecule has 0 aliphatic carbocycles. The topological polar surface area (TPSA) is 63.7 Å². The Morgan fingerprint density at radius 1 is 1.34 bits per heavy atom. The van der Waals surface area contributed by atoms with Crippen molar-refractivity contribution in [2.45, 2.75) is 18.9 Å². The maximum Gasteiger partial charge on any atom is 0.253 e. The molecule has 3 rings (SSSR count). The number of benzene rings is 1. The van der Waals surface area contributed by atoms with E-state index in [1.807, 2.05) is 10.2 Å². The minimum Gasteiger partial charge on any atom is -0.471 e. The third kappa shape index (κ3) is 6.40. The Kier molecular flexibility index (Phi) is 7.82. The molecule has 1 aliphatic heterocycles. The Balaban J connectivity index is 1.59. The summed E-state index contributed by atoms with van der Waals surface area (Å²) in [7, 11) is 1.85. The van der Waals surface area contributed by atoms with E-state index in [4.69, 9.17) is 9.47 Å². The summed E-state index contributed by atoms with van der Waals surface area (Å²) in [6.45, 7) is 1.56. The lowest BCUT2D eigenvalue weighted by molar-refractivity contribution is 0.0696. The van der Waals surface area contributed by atoms with Crippen molar-refractivity contribution in [3.8, 4) is 5.88 Å². The van der Waals surface area contributed by atoms with E-state index >= 15 is 0 Å². The lowest BCUT2D eigenvalue weighted by Gasteiger charge is -2.23. The van der Waals surface area contributed by atoms with Crippen LogP contribution in [0.4, 0.5) is 4.39 Å². The van der Waals surface area contributed by atoms with Crippen LogP contribution in [0.15, 0.2) is 48.3 Å². The van der Waals surface area contributed by atoms with Crippen molar-refractivity contribution in [2.75, 3.05) is 26.9 Å². The molecule has 1 saturated heterocycles. The molecule has 6 nitrogen and oxygen atoms in total. The fourth-order valence-corrected chi connectivity index (χ4v) is 3.13. The van der Waals surface area contributed by atoms with Crippen LogP contribution < -0.4 is 10.1 Å². The Morgan fingerprint density at radius 3 is 2.76 bits per heavy atom. The summed E-state index contributed by atoms with van der Waals surface area (Å²) in [6, 6.07) is 10.0. The van der Waals surface area contributed by atoms with E-state index < -0.39 is 0 Å². The van der Waals surface area contributed by atoms with Crippen molar-refractivity contribution in [3.63, 3.8) is 0 Å². The van der Waals surface area contributed by atoms with E-state index in [2.05, 4.69) is 33.2 Å². The molecule has 2 aromatic rings. The van der Waals surface area contributed by atoms with Crippen LogP contribution in [-0.4, -0.2) is 46.9 Å². The van der Waals surface area contributed by atoms with Crippen LogP contribution in [0.2, 0.25) is 0 Å². The zero-order valence-electron chi connectivity index (χ0n) is 16.1. The average molecular weight is 511 g/mol. The van der Waals surface area contributed by atoms with Gasteiger partial charge in [-0.25, -0.2) is 9.37 Å². The molecule has 1 aromatic carbocycles. The Bertz CT molecular complexity index is 853. The van der Waals surface area contributed by atoms with Crippen LogP contribution in [0.3, 0.4) is 0 Å². The Hall–Kier alpha value is -2.20. The number of rotatable bonds is 7. The predicted octanol–water partition coefficient (Wildman–Crippen LogP) is 3.83. The van der Waals surface area contributed by atoms with Gasteiger partial charge in [0.15, 0.2) is 0 Å². The number of carbonyl (C=O) groups is 1. The first kappa shape index (κ1) is 21.5. The molecule has 0 radical (unpaired) electrons. The Labute approximate surface area is 183 Å². The largest absolute Gasteiger partial charge is 0.471 e. The van der Waals surface area contributed by atoms with Gasteiger partial charge in [-0.3, -0.25) is 4.79 Å². The average Bonchev–Trinajstić information content (AvgIpc) is 2.73. The van der Waals surface area contributed by atoms with Gasteiger partial charge in [0.2, 0.25) is 5.88 Å². The Morgan fingerprint density at radius 2 is 2.10 bits per heavy atom. The summed E-state index contributed by atoms with van der Waals surface area (Å²) >= 11 is 2.11. The number of ether oxygens (including phenoxy) is 2. The summed E-state index contributed by atoms with van der Waals surface area (Å²) in [4.78, 5) is 16.5. The fraction of sp³-hybridized carbons (Fsp3) is 0.333. The third-order valence-corrected chi connectivity index (χ3v) is 5.17. The molecular weight excluding hydrogens is 488 g/mol. The van der Waals surface area contributed by atoms with Crippen LogP contribution in [0, 0.1) is 5.82 Å². The molecule has 0 atom stereocenters. The van der Waals surface area contributed by atoms with Crippen molar-refractivity contribution in [1.29, 1.82) is 0 Å². The molecule has 1 fully saturated rings. The summed E-state index contributed by atoms with van der Waals surface area (Å²) in [5.41, 5.74) is 1.75. The number of pyridine rings is 1. The highest BCUT2D eigenvalue weighted by atomic mass is 127. The lowest BCUT2D eigenvalue weighted by Crippen LogP contribution is -2.38. The molecule has 1 aliphatic rings. The molecule has 0 saturated carbocycles. The fourth-order valence-electron chi connectivity index (χ4n) is 2.85. The van der Waals surface area contributed by atoms with Crippen molar-refractivity contribution in [1.82, 2.24) is 13.4 Å². The highest BCUT2D eigenvalue weighted by Crippen LogP contribution is 2.18. The number of nitrogens with one attached hydrogen (secondary N) is 1. The van der Waals surface area contributed by atoms with E-state index in [9.17, 15) is 9.18 Å². The van der Waals surface area contributed by atoms with Gasteiger partial charge in [0.1, 0.15) is 12.4 Å². The van der Waals surface area contributed by atoms with Gasteiger partial charge < -0.3 is 17.9 Å². The van der Waals surface area contributed by atoms with Gasteiger partial charge in [0, 0.05) is 44.1 Å². The predicted molar refractivity (Wildman–Crippen MR) is 117 cm³/mol. The maximum absolute atomic E-state index is 13.9. The molecule has 0 bridgehead atoms. The van der Waals surface area contributed by atoms with Crippen molar-refractivity contribution < 1.29 is 18.7 Å². The zero-order valence-corrected chi connectivity index (χ0v) is 18.3. The second kappa shape index (κ2) is 10.5. The SMILES string of the molecule is CN(I)/C(=C/c1ccccc1F)COc1ccc(C(=O)NC2CCOCC2)cn1. The van der Waals surface area contributed by atoms with Crippen LogP contribution in [-0.2, 0) is 4.74 Å². The number of hydrogen-bond donors (Lipinski definition) is 1. The third-order valence-electron chi connectivity index (χ3n) is 4.55. The molecule has 154 valence electrons. The second-order valence-electron chi connectivity index (χ2n) is 6.67. The van der Waals surface area contributed by atoms with Crippen LogP contribution in [0.25, 0.3) is 6.08 Å². The molecule has 2 heterocycles. The highest BCUT2D eigenvalue weighted by Gasteiger charge is 2.17. The molecule has 1 aromatic heterocycles. The number of nitrogens with zero attached hydrogens (tertiary/aromatic N) is 2. The van der Waals surface area contributed by atoms with Crippen LogP contribution in [0.1, 0.15) is 28.8 Å². The zero-order chi connectivity index (χ0) is 20.6. The van der Waals surface area contributed by atoms with Gasteiger partial charge in [-0.05, 0) is 31.1 Å². The van der Waals surface area contributed by atoms with E-state index in [-0.39, 0.29) is 24.4 Å². The maximum atomic E-state index is 13.9. The van der Waals surface area contributed by atoms with Gasteiger partial charge in [0.25, 0.3) is 5.91 Å². The van der Waals surface area contributed by atoms with Crippen LogP contribution >= 0.6 is 22.9 Å². The first-order valence-corrected chi connectivity index (χ1v) is 10.3. The standard InChI is InChI=1S/C21H23FIN3O3/c1-26(23)18(12-15-4-2-3-5-19(15)22)14-29-20-7-6-16(13-24-20)21(27)25-17-8-10-28-11-9-17/h2-7,12-13,17H,8-11,14H2,1H3,(H,25,27)/b18-12+. The summed E-state index contributed by atoms with van der Waals surface area (Å²) < 4.78 is 26.8. The number of amides is 1.